The molecule has 14 heavy (non-hydrogen) atoms. The predicted molar refractivity (Wildman–Crippen MR) is 51.7 cm³/mol. The topological polar surface area (TPSA) is 87.4 Å². The van der Waals surface area contributed by atoms with Crippen LogP contribution in [0.25, 0.3) is 6.20 Å². The second kappa shape index (κ2) is 4.22. The number of aryl methyl sites for hydroxylation is 1. The zero-order chi connectivity index (χ0) is 10.6. The zero-order valence-corrected chi connectivity index (χ0v) is 7.47. The van der Waals surface area contributed by atoms with Crippen molar-refractivity contribution in [1.29, 1.82) is 0 Å². The lowest BCUT2D eigenvalue weighted by Gasteiger charge is -1.97. The van der Waals surface area contributed by atoms with Crippen LogP contribution in [0.5, 0.6) is 0 Å². The average molecular weight is 195 g/mol. The molecule has 0 aromatic carbocycles. The molecule has 0 amide bonds. The zero-order valence-electron chi connectivity index (χ0n) is 7.47. The van der Waals surface area contributed by atoms with Crippen molar-refractivity contribution in [2.24, 2.45) is 5.16 Å². The third kappa shape index (κ3) is 2.19. The molecule has 1 aromatic heterocycles. The highest BCUT2D eigenvalue weighted by Crippen LogP contribution is 1.84. The van der Waals surface area contributed by atoms with E-state index in [1.54, 1.807) is 6.92 Å². The first kappa shape index (κ1) is 9.97. The number of H-pyrrole nitrogens is 1. The summed E-state index contributed by atoms with van der Waals surface area (Å²) in [6.07, 6.45) is 5.22. The molecule has 0 saturated carbocycles. The lowest BCUT2D eigenvalue weighted by Crippen LogP contribution is -2.28. The molecule has 0 atom stereocenters. The molecule has 0 fully saturated rings. The number of oxime groups is 1. The van der Waals surface area contributed by atoms with Crippen LogP contribution in [-0.4, -0.2) is 21.0 Å². The summed E-state index contributed by atoms with van der Waals surface area (Å²) in [6, 6.07) is 0. The van der Waals surface area contributed by atoms with E-state index in [2.05, 4.69) is 10.1 Å². The molecule has 0 bridgehead atoms. The molecule has 1 aromatic rings. The number of nitrogens with zero attached hydrogens (tertiary/aromatic N) is 2. The van der Waals surface area contributed by atoms with Crippen LogP contribution in [0.3, 0.4) is 0 Å². The summed E-state index contributed by atoms with van der Waals surface area (Å²) in [4.78, 5) is 24.2. The van der Waals surface area contributed by atoms with E-state index in [0.29, 0.717) is 5.56 Å². The van der Waals surface area contributed by atoms with E-state index in [1.165, 1.54) is 23.0 Å². The maximum absolute atomic E-state index is 11.1. The molecule has 2 N–H and O–H groups in total. The van der Waals surface area contributed by atoms with E-state index >= 15 is 0 Å². The third-order valence-electron chi connectivity index (χ3n) is 1.55. The SMILES string of the molecule is Cc1cn(/C=C/C=N/O)c(=O)[nH]c1=O. The van der Waals surface area contributed by atoms with Gasteiger partial charge >= 0.3 is 5.69 Å². The smallest absolute Gasteiger partial charge is 0.332 e. The van der Waals surface area contributed by atoms with Gasteiger partial charge in [-0.3, -0.25) is 14.3 Å². The molecule has 0 saturated heterocycles. The van der Waals surface area contributed by atoms with E-state index in [9.17, 15) is 9.59 Å². The first-order valence-corrected chi connectivity index (χ1v) is 3.81. The Balaban J connectivity index is 3.17. The van der Waals surface area contributed by atoms with Crippen LogP contribution in [0, 0.1) is 6.92 Å². The van der Waals surface area contributed by atoms with Gasteiger partial charge in [-0.25, -0.2) is 4.79 Å². The van der Waals surface area contributed by atoms with Gasteiger partial charge in [0.25, 0.3) is 5.56 Å². The summed E-state index contributed by atoms with van der Waals surface area (Å²) in [5.74, 6) is 0. The number of hydrogen-bond donors (Lipinski definition) is 2. The summed E-state index contributed by atoms with van der Waals surface area (Å²) in [5.41, 5.74) is -0.520. The van der Waals surface area contributed by atoms with Crippen LogP contribution in [-0.2, 0) is 0 Å². The molecular formula is C8H9N3O3. The van der Waals surface area contributed by atoms with Crippen LogP contribution in [0.2, 0.25) is 0 Å². The molecule has 1 heterocycles. The minimum atomic E-state index is -0.539. The van der Waals surface area contributed by atoms with Crippen LogP contribution >= 0.6 is 0 Å². The van der Waals surface area contributed by atoms with Crippen LogP contribution in [0.15, 0.2) is 27.0 Å². The van der Waals surface area contributed by atoms with E-state index in [4.69, 9.17) is 5.21 Å². The normalized spacial score (nSPS) is 11.5. The van der Waals surface area contributed by atoms with Crippen LogP contribution < -0.4 is 11.2 Å². The summed E-state index contributed by atoms with van der Waals surface area (Å²) in [5, 5.41) is 10.8. The minimum absolute atomic E-state index is 0.407. The van der Waals surface area contributed by atoms with Crippen molar-refractivity contribution in [2.75, 3.05) is 0 Å². The number of allylic oxidation sites excluding steroid dienone is 1. The quantitative estimate of drug-likeness (QED) is 0.388. The Morgan fingerprint density at radius 3 is 2.93 bits per heavy atom. The Hall–Kier alpha value is -2.11. The number of rotatable bonds is 2. The molecule has 0 radical (unpaired) electrons. The maximum Gasteiger partial charge on any atom is 0.332 e. The average Bonchev–Trinajstić information content (AvgIpc) is 2.14. The van der Waals surface area contributed by atoms with Crippen molar-refractivity contribution in [1.82, 2.24) is 9.55 Å². The molecule has 6 heteroatoms. The van der Waals surface area contributed by atoms with Gasteiger partial charge in [-0.2, -0.15) is 0 Å². The van der Waals surface area contributed by atoms with Crippen molar-refractivity contribution in [2.45, 2.75) is 6.92 Å². The van der Waals surface area contributed by atoms with Gasteiger partial charge in [0.05, 0.1) is 6.21 Å². The Kier molecular flexibility index (Phi) is 3.01. The van der Waals surface area contributed by atoms with E-state index in [-0.39, 0.29) is 0 Å². The van der Waals surface area contributed by atoms with E-state index < -0.39 is 11.2 Å². The first-order valence-electron chi connectivity index (χ1n) is 3.81. The molecule has 74 valence electrons. The predicted octanol–water partition coefficient (Wildman–Crippen LogP) is -0.224. The molecule has 0 unspecified atom stereocenters. The fourth-order valence-corrected chi connectivity index (χ4v) is 0.867. The van der Waals surface area contributed by atoms with Crippen molar-refractivity contribution in [3.63, 3.8) is 0 Å². The van der Waals surface area contributed by atoms with Crippen molar-refractivity contribution < 1.29 is 5.21 Å². The summed E-state index contributed by atoms with van der Waals surface area (Å²) < 4.78 is 1.18. The largest absolute Gasteiger partial charge is 0.411 e. The Morgan fingerprint density at radius 1 is 1.57 bits per heavy atom. The van der Waals surface area contributed by atoms with E-state index in [0.717, 1.165) is 6.21 Å². The molecule has 0 aliphatic carbocycles. The van der Waals surface area contributed by atoms with Gasteiger partial charge in [-0.1, -0.05) is 5.16 Å². The molecule has 6 nitrogen and oxygen atoms in total. The van der Waals surface area contributed by atoms with Gasteiger partial charge in [0.1, 0.15) is 0 Å². The highest BCUT2D eigenvalue weighted by atomic mass is 16.4. The second-order valence-corrected chi connectivity index (χ2v) is 2.58. The number of aromatic nitrogens is 2. The van der Waals surface area contributed by atoms with Gasteiger partial charge in [0.15, 0.2) is 0 Å². The summed E-state index contributed by atoms with van der Waals surface area (Å²) in [7, 11) is 0. The molecule has 0 aliphatic rings. The van der Waals surface area contributed by atoms with Gasteiger partial charge < -0.3 is 5.21 Å². The maximum atomic E-state index is 11.1. The Morgan fingerprint density at radius 2 is 2.29 bits per heavy atom. The van der Waals surface area contributed by atoms with Crippen molar-refractivity contribution >= 4 is 12.4 Å². The number of hydrogen-bond acceptors (Lipinski definition) is 4. The molecule has 0 spiro atoms. The fraction of sp³-hybridized carbons (Fsp3) is 0.125. The lowest BCUT2D eigenvalue weighted by atomic mass is 10.4. The monoisotopic (exact) mass is 195 g/mol. The summed E-state index contributed by atoms with van der Waals surface area (Å²) >= 11 is 0. The highest BCUT2D eigenvalue weighted by Gasteiger charge is 1.96. The number of aromatic amines is 1. The Labute approximate surface area is 78.8 Å². The lowest BCUT2D eigenvalue weighted by molar-refractivity contribution is 0.322. The Bertz CT molecular complexity index is 481. The van der Waals surface area contributed by atoms with Gasteiger partial charge in [0.2, 0.25) is 0 Å². The number of nitrogens with one attached hydrogen (secondary N) is 1. The molecule has 0 aliphatic heterocycles. The van der Waals surface area contributed by atoms with Crippen molar-refractivity contribution in [3.8, 4) is 0 Å². The van der Waals surface area contributed by atoms with Crippen LogP contribution in [0.4, 0.5) is 0 Å². The van der Waals surface area contributed by atoms with Gasteiger partial charge in [0, 0.05) is 18.0 Å². The van der Waals surface area contributed by atoms with Crippen LogP contribution in [0.1, 0.15) is 5.56 Å². The minimum Gasteiger partial charge on any atom is -0.411 e. The molecular weight excluding hydrogens is 186 g/mol. The van der Waals surface area contributed by atoms with Gasteiger partial charge in [-0.05, 0) is 13.0 Å². The third-order valence-corrected chi connectivity index (χ3v) is 1.55. The van der Waals surface area contributed by atoms with Gasteiger partial charge in [-0.15, -0.1) is 0 Å². The van der Waals surface area contributed by atoms with E-state index in [1.807, 2.05) is 0 Å². The molecule has 1 rings (SSSR count). The standard InChI is InChI=1S/C8H9N3O3/c1-6-5-11(4-2-3-9-14)8(13)10-7(6)12/h2-5,14H,1H3,(H,10,12,13)/b4-2+,9-3+. The summed E-state index contributed by atoms with van der Waals surface area (Å²) in [6.45, 7) is 1.59. The fourth-order valence-electron chi connectivity index (χ4n) is 0.867. The first-order chi connectivity index (χ1) is 6.65. The van der Waals surface area contributed by atoms with Crippen molar-refractivity contribution in [3.05, 3.63) is 38.7 Å². The highest BCUT2D eigenvalue weighted by molar-refractivity contribution is 5.74. The second-order valence-electron chi connectivity index (χ2n) is 2.58.